The molecule has 10 heteroatoms. The first-order chi connectivity index (χ1) is 12.2. The second kappa shape index (κ2) is 7.47. The fraction of sp³-hybridized carbons (Fsp3) is 0.375. The normalized spacial score (nSPS) is 16.5. The summed E-state index contributed by atoms with van der Waals surface area (Å²) in [6.45, 7) is 2.70. The molecular weight excluding hydrogens is 416 g/mol. The van der Waals surface area contributed by atoms with Crippen LogP contribution < -0.4 is 4.72 Å². The lowest BCUT2D eigenvalue weighted by molar-refractivity contribution is 0.346. The van der Waals surface area contributed by atoms with Crippen LogP contribution in [-0.4, -0.2) is 34.2 Å². The summed E-state index contributed by atoms with van der Waals surface area (Å²) in [6, 6.07) is 7.42. The zero-order valence-electron chi connectivity index (χ0n) is 14.1. The molecular formula is C16H19ClN2O4S3. The highest BCUT2D eigenvalue weighted by molar-refractivity contribution is 7.94. The molecule has 0 spiro atoms. The average molecular weight is 435 g/mol. The fourth-order valence-corrected chi connectivity index (χ4v) is 6.91. The highest BCUT2D eigenvalue weighted by Gasteiger charge is 2.27. The van der Waals surface area contributed by atoms with Gasteiger partial charge in [-0.1, -0.05) is 24.1 Å². The maximum Gasteiger partial charge on any atom is 0.271 e. The number of halogens is 1. The van der Waals surface area contributed by atoms with Gasteiger partial charge in [-0.15, -0.1) is 11.3 Å². The maximum atomic E-state index is 12.8. The highest BCUT2D eigenvalue weighted by atomic mass is 35.5. The Hall–Kier alpha value is -1.13. The Morgan fingerprint density at radius 2 is 1.73 bits per heavy atom. The number of aryl methyl sites for hydroxylation is 1. The van der Waals surface area contributed by atoms with Gasteiger partial charge in [0.05, 0.1) is 14.9 Å². The van der Waals surface area contributed by atoms with Crippen LogP contribution in [0.2, 0.25) is 4.34 Å². The molecule has 0 saturated carbocycles. The third kappa shape index (κ3) is 4.07. The quantitative estimate of drug-likeness (QED) is 0.777. The number of sulfonamides is 2. The summed E-state index contributed by atoms with van der Waals surface area (Å²) >= 11 is 6.75. The molecule has 0 unspecified atom stereocenters. The zero-order chi connectivity index (χ0) is 18.9. The van der Waals surface area contributed by atoms with E-state index in [4.69, 9.17) is 11.6 Å². The summed E-state index contributed by atoms with van der Waals surface area (Å²) in [7, 11) is -7.46. The molecule has 3 rings (SSSR count). The van der Waals surface area contributed by atoms with E-state index >= 15 is 0 Å². The molecule has 0 bridgehead atoms. The van der Waals surface area contributed by atoms with Crippen LogP contribution in [0.3, 0.4) is 0 Å². The summed E-state index contributed by atoms with van der Waals surface area (Å²) in [5.74, 6) is 0. The Balaban J connectivity index is 1.93. The van der Waals surface area contributed by atoms with Crippen molar-refractivity contribution in [1.29, 1.82) is 0 Å². The molecule has 0 atom stereocenters. The summed E-state index contributed by atoms with van der Waals surface area (Å²) in [5.41, 5.74) is 0.876. The molecule has 6 nitrogen and oxygen atoms in total. The number of piperidine rings is 1. The van der Waals surface area contributed by atoms with Crippen molar-refractivity contribution in [3.8, 4) is 0 Å². The van der Waals surface area contributed by atoms with E-state index in [2.05, 4.69) is 4.72 Å². The van der Waals surface area contributed by atoms with Gasteiger partial charge in [-0.25, -0.2) is 16.8 Å². The van der Waals surface area contributed by atoms with Crippen LogP contribution in [0, 0.1) is 6.92 Å². The van der Waals surface area contributed by atoms with Crippen molar-refractivity contribution in [3.05, 3.63) is 40.2 Å². The minimum Gasteiger partial charge on any atom is -0.279 e. The van der Waals surface area contributed by atoms with Crippen LogP contribution in [0.1, 0.15) is 24.8 Å². The number of benzene rings is 1. The summed E-state index contributed by atoms with van der Waals surface area (Å²) in [4.78, 5) is 0.0897. The fourth-order valence-electron chi connectivity index (χ4n) is 2.76. The number of nitrogens with zero attached hydrogens (tertiary/aromatic N) is 1. The minimum absolute atomic E-state index is 0.0752. The Morgan fingerprint density at radius 3 is 2.35 bits per heavy atom. The summed E-state index contributed by atoms with van der Waals surface area (Å²) in [5, 5.41) is 0. The lowest BCUT2D eigenvalue weighted by Crippen LogP contribution is -2.35. The molecule has 1 N–H and O–H groups in total. The van der Waals surface area contributed by atoms with E-state index in [-0.39, 0.29) is 14.8 Å². The Labute approximate surface area is 162 Å². The van der Waals surface area contributed by atoms with Crippen molar-refractivity contribution in [3.63, 3.8) is 0 Å². The van der Waals surface area contributed by atoms with Gasteiger partial charge in [0.15, 0.2) is 0 Å². The molecule has 0 radical (unpaired) electrons. The van der Waals surface area contributed by atoms with E-state index in [1.165, 1.54) is 28.6 Å². The molecule has 1 aliphatic rings. The standard InChI is InChI=1S/C16H19ClN2O4S3/c1-12-5-6-13(26(22,23)19-9-3-2-4-10-19)11-14(12)18-25(20,21)16-8-7-15(17)24-16/h5-8,11,18H,2-4,9-10H2,1H3. The molecule has 2 aromatic rings. The van der Waals surface area contributed by atoms with Gasteiger partial charge in [-0.2, -0.15) is 4.31 Å². The SMILES string of the molecule is Cc1ccc(S(=O)(=O)N2CCCCC2)cc1NS(=O)(=O)c1ccc(Cl)s1. The number of thiophene rings is 1. The van der Waals surface area contributed by atoms with Gasteiger partial charge >= 0.3 is 0 Å². The van der Waals surface area contributed by atoms with E-state index in [0.29, 0.717) is 23.0 Å². The van der Waals surface area contributed by atoms with Gasteiger partial charge in [0.2, 0.25) is 10.0 Å². The van der Waals surface area contributed by atoms with Crippen molar-refractivity contribution in [2.45, 2.75) is 35.3 Å². The van der Waals surface area contributed by atoms with Crippen molar-refractivity contribution in [2.75, 3.05) is 17.8 Å². The van der Waals surface area contributed by atoms with Crippen molar-refractivity contribution in [1.82, 2.24) is 4.31 Å². The van der Waals surface area contributed by atoms with Gasteiger partial charge in [0.1, 0.15) is 4.21 Å². The number of hydrogen-bond acceptors (Lipinski definition) is 5. The highest BCUT2D eigenvalue weighted by Crippen LogP contribution is 2.30. The Morgan fingerprint density at radius 1 is 1.04 bits per heavy atom. The van der Waals surface area contributed by atoms with Gasteiger partial charge in [0.25, 0.3) is 10.0 Å². The Bertz CT molecular complexity index is 1010. The van der Waals surface area contributed by atoms with Gasteiger partial charge in [-0.3, -0.25) is 4.72 Å². The van der Waals surface area contributed by atoms with E-state index in [1.807, 2.05) is 0 Å². The van der Waals surface area contributed by atoms with Crippen LogP contribution in [0.4, 0.5) is 5.69 Å². The molecule has 2 heterocycles. The lowest BCUT2D eigenvalue weighted by Gasteiger charge is -2.26. The second-order valence-electron chi connectivity index (χ2n) is 6.11. The second-order valence-corrected chi connectivity index (χ2v) is 11.7. The molecule has 1 saturated heterocycles. The van der Waals surface area contributed by atoms with Crippen LogP contribution in [0.15, 0.2) is 39.4 Å². The monoisotopic (exact) mass is 434 g/mol. The van der Waals surface area contributed by atoms with Crippen LogP contribution >= 0.6 is 22.9 Å². The van der Waals surface area contributed by atoms with Crippen LogP contribution in [0.25, 0.3) is 0 Å². The first-order valence-electron chi connectivity index (χ1n) is 8.09. The third-order valence-corrected chi connectivity index (χ3v) is 9.20. The molecule has 0 amide bonds. The number of hydrogen-bond donors (Lipinski definition) is 1. The molecule has 1 aromatic carbocycles. The maximum absolute atomic E-state index is 12.8. The molecule has 1 aromatic heterocycles. The average Bonchev–Trinajstić information content (AvgIpc) is 3.05. The lowest BCUT2D eigenvalue weighted by atomic mass is 10.2. The topological polar surface area (TPSA) is 83.6 Å². The smallest absolute Gasteiger partial charge is 0.271 e. The van der Waals surface area contributed by atoms with Crippen molar-refractivity contribution >= 4 is 48.7 Å². The van der Waals surface area contributed by atoms with Crippen molar-refractivity contribution in [2.24, 2.45) is 0 Å². The van der Waals surface area contributed by atoms with Gasteiger partial charge in [0, 0.05) is 13.1 Å². The van der Waals surface area contributed by atoms with E-state index in [1.54, 1.807) is 13.0 Å². The van der Waals surface area contributed by atoms with Crippen LogP contribution in [0.5, 0.6) is 0 Å². The molecule has 0 aliphatic carbocycles. The molecule has 1 aliphatic heterocycles. The van der Waals surface area contributed by atoms with Crippen LogP contribution in [-0.2, 0) is 20.0 Å². The third-order valence-electron chi connectivity index (χ3n) is 4.22. The first kappa shape index (κ1) is 19.6. The number of nitrogens with one attached hydrogen (secondary N) is 1. The van der Waals surface area contributed by atoms with Crippen molar-refractivity contribution < 1.29 is 16.8 Å². The predicted octanol–water partition coefficient (Wildman–Crippen LogP) is 3.69. The number of anilines is 1. The van der Waals surface area contributed by atoms with Gasteiger partial charge in [-0.05, 0) is 49.6 Å². The van der Waals surface area contributed by atoms with E-state index < -0.39 is 20.0 Å². The first-order valence-corrected chi connectivity index (χ1v) is 12.2. The predicted molar refractivity (Wildman–Crippen MR) is 104 cm³/mol. The minimum atomic E-state index is -3.83. The number of rotatable bonds is 5. The Kier molecular flexibility index (Phi) is 5.64. The zero-order valence-corrected chi connectivity index (χ0v) is 17.3. The molecule has 26 heavy (non-hydrogen) atoms. The molecule has 1 fully saturated rings. The summed E-state index contributed by atoms with van der Waals surface area (Å²) in [6.07, 6.45) is 2.70. The molecule has 142 valence electrons. The van der Waals surface area contributed by atoms with E-state index in [0.717, 1.165) is 30.6 Å². The van der Waals surface area contributed by atoms with E-state index in [9.17, 15) is 16.8 Å². The van der Waals surface area contributed by atoms with Gasteiger partial charge < -0.3 is 0 Å². The largest absolute Gasteiger partial charge is 0.279 e. The summed E-state index contributed by atoms with van der Waals surface area (Å²) < 4.78 is 55.0.